The molecule has 4 rings (SSSR count). The number of benzene rings is 4. The number of methoxy groups -OCH3 is 1. The van der Waals surface area contributed by atoms with Crippen LogP contribution >= 0.6 is 11.6 Å². The van der Waals surface area contributed by atoms with Crippen LogP contribution in [-0.4, -0.2) is 7.11 Å². The SMILES string of the molecule is COc1c(-c2c(F)cccc2-c2ccccc2)c(Cl)cc2ccccc12. The summed E-state index contributed by atoms with van der Waals surface area (Å²) in [6, 6.07) is 24.4. The summed E-state index contributed by atoms with van der Waals surface area (Å²) in [5, 5.41) is 2.31. The van der Waals surface area contributed by atoms with Crippen LogP contribution in [0.4, 0.5) is 4.39 Å². The van der Waals surface area contributed by atoms with E-state index in [1.165, 1.54) is 6.07 Å². The zero-order valence-electron chi connectivity index (χ0n) is 14.2. The fraction of sp³-hybridized carbons (Fsp3) is 0.0435. The van der Waals surface area contributed by atoms with Crippen LogP contribution < -0.4 is 4.74 Å². The molecule has 0 spiro atoms. The molecular weight excluding hydrogens is 347 g/mol. The molecule has 4 aromatic carbocycles. The number of hydrogen-bond donors (Lipinski definition) is 0. The van der Waals surface area contributed by atoms with E-state index in [-0.39, 0.29) is 5.82 Å². The van der Waals surface area contributed by atoms with Gasteiger partial charge >= 0.3 is 0 Å². The van der Waals surface area contributed by atoms with Crippen molar-refractivity contribution >= 4 is 22.4 Å². The van der Waals surface area contributed by atoms with Gasteiger partial charge in [-0.1, -0.05) is 78.3 Å². The molecule has 0 fully saturated rings. The predicted octanol–water partition coefficient (Wildman–Crippen LogP) is 6.97. The van der Waals surface area contributed by atoms with E-state index < -0.39 is 0 Å². The van der Waals surface area contributed by atoms with Crippen molar-refractivity contribution < 1.29 is 9.13 Å². The molecule has 26 heavy (non-hydrogen) atoms. The fourth-order valence-electron chi connectivity index (χ4n) is 3.36. The molecule has 0 amide bonds. The van der Waals surface area contributed by atoms with Crippen molar-refractivity contribution in [1.82, 2.24) is 0 Å². The van der Waals surface area contributed by atoms with Crippen molar-refractivity contribution in [1.29, 1.82) is 0 Å². The van der Waals surface area contributed by atoms with Crippen LogP contribution in [0.3, 0.4) is 0 Å². The Labute approximate surface area is 156 Å². The molecule has 0 aromatic heterocycles. The van der Waals surface area contributed by atoms with Gasteiger partial charge in [-0.25, -0.2) is 4.39 Å². The predicted molar refractivity (Wildman–Crippen MR) is 106 cm³/mol. The molecule has 0 aliphatic rings. The number of fused-ring (bicyclic) bond motifs is 1. The number of ether oxygens (including phenoxy) is 1. The van der Waals surface area contributed by atoms with Crippen molar-refractivity contribution in [2.24, 2.45) is 0 Å². The third-order valence-corrected chi connectivity index (χ3v) is 4.80. The minimum Gasteiger partial charge on any atom is -0.495 e. The Morgan fingerprint density at radius 3 is 2.31 bits per heavy atom. The zero-order valence-corrected chi connectivity index (χ0v) is 14.9. The van der Waals surface area contributed by atoms with Crippen molar-refractivity contribution in [3.05, 3.63) is 89.7 Å². The molecule has 0 radical (unpaired) electrons. The normalized spacial score (nSPS) is 10.9. The van der Waals surface area contributed by atoms with Gasteiger partial charge in [0, 0.05) is 16.5 Å². The molecule has 0 saturated heterocycles. The first-order chi connectivity index (χ1) is 12.7. The molecular formula is C23H16ClFO. The van der Waals surface area contributed by atoms with Gasteiger partial charge in [-0.05, 0) is 28.6 Å². The maximum absolute atomic E-state index is 15.0. The largest absolute Gasteiger partial charge is 0.495 e. The minimum atomic E-state index is -0.332. The van der Waals surface area contributed by atoms with Crippen molar-refractivity contribution in [2.75, 3.05) is 7.11 Å². The maximum atomic E-state index is 15.0. The number of halogens is 2. The minimum absolute atomic E-state index is 0.332. The van der Waals surface area contributed by atoms with Crippen LogP contribution in [-0.2, 0) is 0 Å². The van der Waals surface area contributed by atoms with Crippen molar-refractivity contribution in [3.8, 4) is 28.0 Å². The highest BCUT2D eigenvalue weighted by Crippen LogP contribution is 2.46. The average molecular weight is 363 g/mol. The summed E-state index contributed by atoms with van der Waals surface area (Å²) in [6.45, 7) is 0. The van der Waals surface area contributed by atoms with Crippen LogP contribution in [0.15, 0.2) is 78.9 Å². The van der Waals surface area contributed by atoms with Gasteiger partial charge in [0.25, 0.3) is 0 Å². The van der Waals surface area contributed by atoms with E-state index in [0.29, 0.717) is 21.9 Å². The van der Waals surface area contributed by atoms with Gasteiger partial charge in [0.1, 0.15) is 11.6 Å². The van der Waals surface area contributed by atoms with E-state index in [1.807, 2.05) is 66.7 Å². The molecule has 0 heterocycles. The van der Waals surface area contributed by atoms with Gasteiger partial charge in [0.2, 0.25) is 0 Å². The topological polar surface area (TPSA) is 9.23 Å². The molecule has 0 atom stereocenters. The summed E-state index contributed by atoms with van der Waals surface area (Å²) >= 11 is 6.61. The van der Waals surface area contributed by atoms with Gasteiger partial charge in [-0.2, -0.15) is 0 Å². The first kappa shape index (κ1) is 16.6. The van der Waals surface area contributed by atoms with Crippen LogP contribution in [0.25, 0.3) is 33.0 Å². The van der Waals surface area contributed by atoms with Gasteiger partial charge in [0.05, 0.1) is 12.1 Å². The highest BCUT2D eigenvalue weighted by molar-refractivity contribution is 6.35. The van der Waals surface area contributed by atoms with E-state index in [1.54, 1.807) is 13.2 Å². The second-order valence-corrected chi connectivity index (χ2v) is 6.42. The Bertz CT molecular complexity index is 1090. The fourth-order valence-corrected chi connectivity index (χ4v) is 3.66. The van der Waals surface area contributed by atoms with Crippen LogP contribution in [0.2, 0.25) is 5.02 Å². The van der Waals surface area contributed by atoms with Crippen molar-refractivity contribution in [2.45, 2.75) is 0 Å². The molecule has 3 heteroatoms. The lowest BCUT2D eigenvalue weighted by molar-refractivity contribution is 0.421. The summed E-state index contributed by atoms with van der Waals surface area (Å²) in [4.78, 5) is 0. The summed E-state index contributed by atoms with van der Waals surface area (Å²) in [6.07, 6.45) is 0. The number of rotatable bonds is 3. The lowest BCUT2D eigenvalue weighted by atomic mass is 9.92. The van der Waals surface area contributed by atoms with E-state index in [0.717, 1.165) is 21.9 Å². The Morgan fingerprint density at radius 1 is 0.808 bits per heavy atom. The lowest BCUT2D eigenvalue weighted by Gasteiger charge is -2.18. The Kier molecular flexibility index (Phi) is 4.36. The smallest absolute Gasteiger partial charge is 0.136 e. The Balaban J connectivity index is 2.10. The average Bonchev–Trinajstić information content (AvgIpc) is 2.68. The van der Waals surface area contributed by atoms with Gasteiger partial charge in [-0.3, -0.25) is 0 Å². The molecule has 4 aromatic rings. The quantitative estimate of drug-likeness (QED) is 0.382. The zero-order chi connectivity index (χ0) is 18.1. The molecule has 0 saturated carbocycles. The molecule has 0 N–H and O–H groups in total. The second-order valence-electron chi connectivity index (χ2n) is 6.02. The van der Waals surface area contributed by atoms with E-state index in [9.17, 15) is 0 Å². The third-order valence-electron chi connectivity index (χ3n) is 4.51. The molecule has 0 aliphatic carbocycles. The summed E-state index contributed by atoms with van der Waals surface area (Å²) < 4.78 is 20.7. The summed E-state index contributed by atoms with van der Waals surface area (Å²) in [5.74, 6) is 0.247. The Morgan fingerprint density at radius 2 is 1.54 bits per heavy atom. The summed E-state index contributed by atoms with van der Waals surface area (Å²) in [7, 11) is 1.59. The Hall–Kier alpha value is -2.84. The lowest BCUT2D eigenvalue weighted by Crippen LogP contribution is -1.96. The summed E-state index contributed by atoms with van der Waals surface area (Å²) in [5.41, 5.74) is 2.73. The molecule has 0 bridgehead atoms. The van der Waals surface area contributed by atoms with Crippen LogP contribution in [0.5, 0.6) is 5.75 Å². The first-order valence-electron chi connectivity index (χ1n) is 8.30. The molecule has 128 valence electrons. The van der Waals surface area contributed by atoms with Gasteiger partial charge in [0.15, 0.2) is 0 Å². The second kappa shape index (κ2) is 6.81. The molecule has 0 unspecified atom stereocenters. The maximum Gasteiger partial charge on any atom is 0.136 e. The highest BCUT2D eigenvalue weighted by Gasteiger charge is 2.21. The van der Waals surface area contributed by atoms with E-state index in [2.05, 4.69) is 0 Å². The standard InChI is InChI=1S/C23H16ClFO/c1-26-23-18-11-6-5-10-16(18)14-19(24)22(23)21-17(12-7-13-20(21)25)15-8-3-2-4-9-15/h2-14H,1H3. The monoisotopic (exact) mass is 362 g/mol. The van der Waals surface area contributed by atoms with E-state index in [4.69, 9.17) is 16.3 Å². The van der Waals surface area contributed by atoms with Crippen LogP contribution in [0, 0.1) is 5.82 Å². The van der Waals surface area contributed by atoms with E-state index >= 15 is 4.39 Å². The van der Waals surface area contributed by atoms with Crippen LogP contribution in [0.1, 0.15) is 0 Å². The van der Waals surface area contributed by atoms with Gasteiger partial charge in [-0.15, -0.1) is 0 Å². The molecule has 1 nitrogen and oxygen atoms in total. The van der Waals surface area contributed by atoms with Gasteiger partial charge < -0.3 is 4.74 Å². The third kappa shape index (κ3) is 2.73. The highest BCUT2D eigenvalue weighted by atomic mass is 35.5. The first-order valence-corrected chi connectivity index (χ1v) is 8.68. The number of hydrogen-bond acceptors (Lipinski definition) is 1. The molecule has 0 aliphatic heterocycles. The van der Waals surface area contributed by atoms with Crippen molar-refractivity contribution in [3.63, 3.8) is 0 Å².